The zero-order valence-electron chi connectivity index (χ0n) is 12.4. The SMILES string of the molecule is Cc1ncnc(N2CCN(c3ccc(Cl)cc3)CC2)c1C. The molecule has 110 valence electrons. The zero-order valence-corrected chi connectivity index (χ0v) is 13.1. The third-order valence-electron chi connectivity index (χ3n) is 4.08. The maximum absolute atomic E-state index is 5.95. The number of rotatable bonds is 2. The number of aryl methyl sites for hydroxylation is 1. The smallest absolute Gasteiger partial charge is 0.135 e. The summed E-state index contributed by atoms with van der Waals surface area (Å²) in [6.07, 6.45) is 1.66. The van der Waals surface area contributed by atoms with Gasteiger partial charge in [-0.1, -0.05) is 11.6 Å². The van der Waals surface area contributed by atoms with Gasteiger partial charge in [-0.25, -0.2) is 9.97 Å². The van der Waals surface area contributed by atoms with E-state index in [0.717, 1.165) is 42.7 Å². The lowest BCUT2D eigenvalue weighted by Gasteiger charge is -2.37. The van der Waals surface area contributed by atoms with Gasteiger partial charge in [-0.15, -0.1) is 0 Å². The third kappa shape index (κ3) is 2.95. The molecule has 2 aromatic rings. The summed E-state index contributed by atoms with van der Waals surface area (Å²) in [6, 6.07) is 8.05. The van der Waals surface area contributed by atoms with Gasteiger partial charge in [0.1, 0.15) is 12.1 Å². The molecule has 4 nitrogen and oxygen atoms in total. The molecule has 0 unspecified atom stereocenters. The molecule has 0 radical (unpaired) electrons. The number of hydrogen-bond acceptors (Lipinski definition) is 4. The Morgan fingerprint density at radius 2 is 1.52 bits per heavy atom. The molecule has 1 aliphatic rings. The van der Waals surface area contributed by atoms with Crippen molar-refractivity contribution < 1.29 is 0 Å². The second-order valence-corrected chi connectivity index (χ2v) is 5.79. The second-order valence-electron chi connectivity index (χ2n) is 5.36. The first kappa shape index (κ1) is 14.1. The van der Waals surface area contributed by atoms with Gasteiger partial charge in [0.2, 0.25) is 0 Å². The molecular weight excluding hydrogens is 284 g/mol. The standard InChI is InChI=1S/C16H19ClN4/c1-12-13(2)18-11-19-16(12)21-9-7-20(8-10-21)15-5-3-14(17)4-6-15/h3-6,11H,7-10H2,1-2H3. The van der Waals surface area contributed by atoms with Crippen molar-refractivity contribution in [1.82, 2.24) is 9.97 Å². The van der Waals surface area contributed by atoms with Crippen molar-refractivity contribution in [2.24, 2.45) is 0 Å². The molecule has 0 atom stereocenters. The van der Waals surface area contributed by atoms with Gasteiger partial charge in [0, 0.05) is 48.1 Å². The number of hydrogen-bond donors (Lipinski definition) is 0. The van der Waals surface area contributed by atoms with Crippen LogP contribution in [0.3, 0.4) is 0 Å². The minimum Gasteiger partial charge on any atom is -0.368 e. The van der Waals surface area contributed by atoms with Crippen LogP contribution in [0, 0.1) is 13.8 Å². The van der Waals surface area contributed by atoms with Crippen LogP contribution in [0.25, 0.3) is 0 Å². The molecule has 0 saturated carbocycles. The first-order valence-corrected chi connectivity index (χ1v) is 7.56. The van der Waals surface area contributed by atoms with E-state index >= 15 is 0 Å². The Labute approximate surface area is 130 Å². The number of piperazine rings is 1. The quantitative estimate of drug-likeness (QED) is 0.853. The number of halogens is 1. The van der Waals surface area contributed by atoms with Crippen molar-refractivity contribution in [3.63, 3.8) is 0 Å². The fourth-order valence-corrected chi connectivity index (χ4v) is 2.80. The molecule has 1 aromatic heterocycles. The normalized spacial score (nSPS) is 15.4. The Hall–Kier alpha value is -1.81. The predicted molar refractivity (Wildman–Crippen MR) is 87.4 cm³/mol. The van der Waals surface area contributed by atoms with Crippen LogP contribution >= 0.6 is 11.6 Å². The number of aromatic nitrogens is 2. The van der Waals surface area contributed by atoms with E-state index in [1.807, 2.05) is 19.1 Å². The monoisotopic (exact) mass is 302 g/mol. The molecule has 0 spiro atoms. The first-order chi connectivity index (χ1) is 10.1. The van der Waals surface area contributed by atoms with Crippen LogP contribution in [0.5, 0.6) is 0 Å². The summed E-state index contributed by atoms with van der Waals surface area (Å²) in [5.74, 6) is 1.07. The Bertz CT molecular complexity index is 619. The van der Waals surface area contributed by atoms with Gasteiger partial charge in [0.15, 0.2) is 0 Å². The minimum atomic E-state index is 0.782. The molecule has 1 fully saturated rings. The second kappa shape index (κ2) is 5.90. The molecule has 3 rings (SSSR count). The van der Waals surface area contributed by atoms with Crippen LogP contribution in [0.1, 0.15) is 11.3 Å². The van der Waals surface area contributed by atoms with Crippen molar-refractivity contribution in [3.8, 4) is 0 Å². The molecule has 0 bridgehead atoms. The molecule has 5 heteroatoms. The molecule has 0 aliphatic carbocycles. The minimum absolute atomic E-state index is 0.782. The molecule has 21 heavy (non-hydrogen) atoms. The molecule has 2 heterocycles. The molecular formula is C16H19ClN4. The molecule has 1 aliphatic heterocycles. The van der Waals surface area contributed by atoms with Gasteiger partial charge in [-0.3, -0.25) is 0 Å². The maximum Gasteiger partial charge on any atom is 0.135 e. The van der Waals surface area contributed by atoms with Gasteiger partial charge < -0.3 is 9.80 Å². The molecule has 1 saturated heterocycles. The average molecular weight is 303 g/mol. The van der Waals surface area contributed by atoms with E-state index < -0.39 is 0 Å². The van der Waals surface area contributed by atoms with E-state index in [2.05, 4.69) is 38.8 Å². The van der Waals surface area contributed by atoms with Crippen molar-refractivity contribution in [2.75, 3.05) is 36.0 Å². The van der Waals surface area contributed by atoms with Gasteiger partial charge >= 0.3 is 0 Å². The predicted octanol–water partition coefficient (Wildman–Crippen LogP) is 3.07. The lowest BCUT2D eigenvalue weighted by atomic mass is 10.2. The zero-order chi connectivity index (χ0) is 14.8. The van der Waals surface area contributed by atoms with Crippen LogP contribution in [-0.4, -0.2) is 36.1 Å². The topological polar surface area (TPSA) is 32.3 Å². The van der Waals surface area contributed by atoms with Gasteiger partial charge in [0.05, 0.1) is 0 Å². The average Bonchev–Trinajstić information content (AvgIpc) is 2.51. The first-order valence-electron chi connectivity index (χ1n) is 7.19. The van der Waals surface area contributed by atoms with Gasteiger partial charge in [-0.2, -0.15) is 0 Å². The van der Waals surface area contributed by atoms with Crippen LogP contribution in [-0.2, 0) is 0 Å². The summed E-state index contributed by atoms with van der Waals surface area (Å²) in [4.78, 5) is 13.4. The van der Waals surface area contributed by atoms with E-state index in [1.165, 1.54) is 11.3 Å². The summed E-state index contributed by atoms with van der Waals surface area (Å²) in [7, 11) is 0. The Morgan fingerprint density at radius 3 is 2.19 bits per heavy atom. The highest BCUT2D eigenvalue weighted by Crippen LogP contribution is 2.23. The van der Waals surface area contributed by atoms with E-state index in [9.17, 15) is 0 Å². The summed E-state index contributed by atoms with van der Waals surface area (Å²) >= 11 is 5.95. The Kier molecular flexibility index (Phi) is 3.97. The van der Waals surface area contributed by atoms with E-state index in [0.29, 0.717) is 0 Å². The van der Waals surface area contributed by atoms with Crippen molar-refractivity contribution in [2.45, 2.75) is 13.8 Å². The summed E-state index contributed by atoms with van der Waals surface area (Å²) in [5, 5.41) is 0.782. The fraction of sp³-hybridized carbons (Fsp3) is 0.375. The number of nitrogens with zero attached hydrogens (tertiary/aromatic N) is 4. The molecule has 0 N–H and O–H groups in total. The third-order valence-corrected chi connectivity index (χ3v) is 4.33. The summed E-state index contributed by atoms with van der Waals surface area (Å²) in [5.41, 5.74) is 3.47. The van der Waals surface area contributed by atoms with Crippen LogP contribution in [0.4, 0.5) is 11.5 Å². The highest BCUT2D eigenvalue weighted by molar-refractivity contribution is 6.30. The fourth-order valence-electron chi connectivity index (χ4n) is 2.67. The van der Waals surface area contributed by atoms with Crippen LogP contribution in [0.15, 0.2) is 30.6 Å². The maximum atomic E-state index is 5.95. The van der Waals surface area contributed by atoms with E-state index in [4.69, 9.17) is 11.6 Å². The van der Waals surface area contributed by atoms with Crippen molar-refractivity contribution in [1.29, 1.82) is 0 Å². The Morgan fingerprint density at radius 1 is 0.905 bits per heavy atom. The lowest BCUT2D eigenvalue weighted by Crippen LogP contribution is -2.47. The lowest BCUT2D eigenvalue weighted by molar-refractivity contribution is 0.644. The van der Waals surface area contributed by atoms with Crippen molar-refractivity contribution >= 4 is 23.1 Å². The highest BCUT2D eigenvalue weighted by atomic mass is 35.5. The highest BCUT2D eigenvalue weighted by Gasteiger charge is 2.20. The summed E-state index contributed by atoms with van der Waals surface area (Å²) in [6.45, 7) is 8.05. The molecule has 1 aromatic carbocycles. The largest absolute Gasteiger partial charge is 0.368 e. The Balaban J connectivity index is 1.70. The number of benzene rings is 1. The molecule has 0 amide bonds. The van der Waals surface area contributed by atoms with Crippen molar-refractivity contribution in [3.05, 3.63) is 46.9 Å². The number of anilines is 2. The van der Waals surface area contributed by atoms with E-state index in [-0.39, 0.29) is 0 Å². The van der Waals surface area contributed by atoms with Crippen LogP contribution < -0.4 is 9.80 Å². The van der Waals surface area contributed by atoms with Gasteiger partial charge in [0.25, 0.3) is 0 Å². The van der Waals surface area contributed by atoms with E-state index in [1.54, 1.807) is 6.33 Å². The van der Waals surface area contributed by atoms with Crippen LogP contribution in [0.2, 0.25) is 5.02 Å². The summed E-state index contributed by atoms with van der Waals surface area (Å²) < 4.78 is 0. The van der Waals surface area contributed by atoms with Gasteiger partial charge in [-0.05, 0) is 38.1 Å².